The van der Waals surface area contributed by atoms with Crippen molar-refractivity contribution in [2.45, 2.75) is 32.7 Å². The lowest BCUT2D eigenvalue weighted by Crippen LogP contribution is -2.39. The van der Waals surface area contributed by atoms with Gasteiger partial charge in [0.2, 0.25) is 5.69 Å². The zero-order chi connectivity index (χ0) is 15.4. The van der Waals surface area contributed by atoms with Gasteiger partial charge in [0.1, 0.15) is 11.7 Å². The summed E-state index contributed by atoms with van der Waals surface area (Å²) in [5.41, 5.74) is -0.399. The number of aryl methyl sites for hydroxylation is 2. The van der Waals surface area contributed by atoms with Gasteiger partial charge in [-0.05, 0) is 13.3 Å². The molecule has 0 saturated carbocycles. The molecule has 0 saturated heterocycles. The van der Waals surface area contributed by atoms with Crippen molar-refractivity contribution in [2.24, 2.45) is 7.05 Å². The summed E-state index contributed by atoms with van der Waals surface area (Å²) in [5.74, 6) is -2.05. The second-order valence-electron chi connectivity index (χ2n) is 4.31. The molecule has 0 spiro atoms. The number of aromatic nitrogens is 2. The van der Waals surface area contributed by atoms with Gasteiger partial charge in [-0.3, -0.25) is 24.4 Å². The van der Waals surface area contributed by atoms with Crippen LogP contribution in [-0.4, -0.2) is 37.7 Å². The first-order valence-electron chi connectivity index (χ1n) is 6.03. The molecule has 1 aromatic heterocycles. The molecule has 0 unspecified atom stereocenters. The van der Waals surface area contributed by atoms with Crippen LogP contribution in [0.1, 0.15) is 36.5 Å². The number of hydrogen-bond acceptors (Lipinski definition) is 5. The number of nitrogens with zero attached hydrogens (tertiary/aromatic N) is 3. The van der Waals surface area contributed by atoms with Gasteiger partial charge < -0.3 is 10.4 Å². The summed E-state index contributed by atoms with van der Waals surface area (Å²) in [6.07, 6.45) is 1.01. The number of amides is 1. The van der Waals surface area contributed by atoms with Crippen molar-refractivity contribution in [3.8, 4) is 0 Å². The van der Waals surface area contributed by atoms with Crippen LogP contribution in [0.5, 0.6) is 0 Å². The molecule has 0 aliphatic heterocycles. The van der Waals surface area contributed by atoms with E-state index in [1.165, 1.54) is 14.0 Å². The minimum Gasteiger partial charge on any atom is -0.480 e. The average Bonchev–Trinajstić information content (AvgIpc) is 2.66. The average molecular weight is 284 g/mol. The van der Waals surface area contributed by atoms with Crippen LogP contribution in [0.4, 0.5) is 5.69 Å². The number of nitrogens with one attached hydrogen (secondary N) is 1. The van der Waals surface area contributed by atoms with Gasteiger partial charge in [-0.25, -0.2) is 0 Å². The normalized spacial score (nSPS) is 11.9. The topological polar surface area (TPSA) is 127 Å². The van der Waals surface area contributed by atoms with Crippen LogP contribution in [0, 0.1) is 10.1 Å². The van der Waals surface area contributed by atoms with Crippen LogP contribution >= 0.6 is 0 Å². The molecule has 110 valence electrons. The van der Waals surface area contributed by atoms with Gasteiger partial charge in [-0.2, -0.15) is 5.10 Å². The number of carboxylic acid groups (broad SMARTS) is 1. The summed E-state index contributed by atoms with van der Waals surface area (Å²) in [7, 11) is 1.41. The molecule has 1 atom stereocenters. The highest BCUT2D eigenvalue weighted by molar-refractivity contribution is 5.98. The highest BCUT2D eigenvalue weighted by Crippen LogP contribution is 2.24. The van der Waals surface area contributed by atoms with E-state index >= 15 is 0 Å². The molecule has 0 bridgehead atoms. The molecule has 2 N–H and O–H groups in total. The lowest BCUT2D eigenvalue weighted by atomic mass is 10.2. The molecule has 1 aromatic rings. The fourth-order valence-corrected chi connectivity index (χ4v) is 1.75. The van der Waals surface area contributed by atoms with E-state index in [4.69, 9.17) is 5.11 Å². The van der Waals surface area contributed by atoms with Gasteiger partial charge in [-0.15, -0.1) is 0 Å². The van der Waals surface area contributed by atoms with E-state index in [1.54, 1.807) is 0 Å². The monoisotopic (exact) mass is 284 g/mol. The zero-order valence-corrected chi connectivity index (χ0v) is 11.4. The van der Waals surface area contributed by atoms with Crippen LogP contribution in [0.25, 0.3) is 0 Å². The third-order valence-electron chi connectivity index (χ3n) is 2.69. The quantitative estimate of drug-likeness (QED) is 0.577. The molecule has 20 heavy (non-hydrogen) atoms. The summed E-state index contributed by atoms with van der Waals surface area (Å²) >= 11 is 0. The van der Waals surface area contributed by atoms with E-state index in [9.17, 15) is 19.7 Å². The summed E-state index contributed by atoms with van der Waals surface area (Å²) in [6, 6.07) is -1.15. The Labute approximate surface area is 114 Å². The molecule has 1 rings (SSSR count). The van der Waals surface area contributed by atoms with Crippen LogP contribution < -0.4 is 5.32 Å². The summed E-state index contributed by atoms with van der Waals surface area (Å²) in [4.78, 5) is 33.1. The van der Waals surface area contributed by atoms with E-state index < -0.39 is 22.8 Å². The molecular weight excluding hydrogens is 268 g/mol. The number of carboxylic acids is 1. The molecule has 9 nitrogen and oxygen atoms in total. The third-order valence-corrected chi connectivity index (χ3v) is 2.69. The summed E-state index contributed by atoms with van der Waals surface area (Å²) in [5, 5.41) is 26.0. The van der Waals surface area contributed by atoms with Crippen LogP contribution in [-0.2, 0) is 18.3 Å². The Morgan fingerprint density at radius 3 is 2.60 bits per heavy atom. The van der Waals surface area contributed by atoms with E-state index in [0.717, 1.165) is 4.68 Å². The number of carbonyl (C=O) groups excluding carboxylic acids is 1. The SMILES string of the molecule is CCCc1nn(C)c(C(=O)N[C@@H](C)C(=O)O)c1[N+](=O)[O-]. The largest absolute Gasteiger partial charge is 0.480 e. The van der Waals surface area contributed by atoms with Crippen molar-refractivity contribution in [1.29, 1.82) is 0 Å². The highest BCUT2D eigenvalue weighted by atomic mass is 16.6. The molecule has 0 aromatic carbocycles. The van der Waals surface area contributed by atoms with Crippen molar-refractivity contribution >= 4 is 17.6 Å². The first-order chi connectivity index (χ1) is 9.29. The van der Waals surface area contributed by atoms with Gasteiger partial charge in [0, 0.05) is 7.05 Å². The standard InChI is InChI=1S/C11H16N4O5/c1-4-5-7-8(15(19)20)9(14(3)13-7)10(16)12-6(2)11(17)18/h6H,4-5H2,1-3H3,(H,12,16)(H,17,18)/t6-/m0/s1. The predicted octanol–water partition coefficient (Wildman–Crippen LogP) is 0.484. The third kappa shape index (κ3) is 3.11. The van der Waals surface area contributed by atoms with Crippen molar-refractivity contribution in [2.75, 3.05) is 0 Å². The van der Waals surface area contributed by atoms with Crippen LogP contribution in [0.3, 0.4) is 0 Å². The molecule has 0 fully saturated rings. The number of hydrogen-bond donors (Lipinski definition) is 2. The number of carbonyl (C=O) groups is 2. The maximum atomic E-state index is 12.0. The Bertz CT molecular complexity index is 551. The molecule has 9 heteroatoms. The van der Waals surface area contributed by atoms with Crippen molar-refractivity contribution in [1.82, 2.24) is 15.1 Å². The predicted molar refractivity (Wildman–Crippen MR) is 68.4 cm³/mol. The van der Waals surface area contributed by atoms with Gasteiger partial charge in [0.25, 0.3) is 5.91 Å². The van der Waals surface area contributed by atoms with E-state index in [0.29, 0.717) is 12.8 Å². The zero-order valence-electron chi connectivity index (χ0n) is 11.4. The van der Waals surface area contributed by atoms with Gasteiger partial charge >= 0.3 is 11.7 Å². The van der Waals surface area contributed by atoms with Crippen molar-refractivity contribution < 1.29 is 19.6 Å². The molecule has 1 heterocycles. The van der Waals surface area contributed by atoms with E-state index in [-0.39, 0.29) is 17.1 Å². The maximum absolute atomic E-state index is 12.0. The first-order valence-corrected chi connectivity index (χ1v) is 6.03. The minimum absolute atomic E-state index is 0.216. The summed E-state index contributed by atoms with van der Waals surface area (Å²) < 4.78 is 1.10. The Morgan fingerprint density at radius 1 is 1.55 bits per heavy atom. The molecule has 0 radical (unpaired) electrons. The van der Waals surface area contributed by atoms with Gasteiger partial charge in [0.05, 0.1) is 4.92 Å². The van der Waals surface area contributed by atoms with Crippen LogP contribution in [0.2, 0.25) is 0 Å². The van der Waals surface area contributed by atoms with Gasteiger partial charge in [-0.1, -0.05) is 13.3 Å². The van der Waals surface area contributed by atoms with E-state index in [2.05, 4.69) is 10.4 Å². The van der Waals surface area contributed by atoms with E-state index in [1.807, 2.05) is 6.92 Å². The lowest BCUT2D eigenvalue weighted by Gasteiger charge is -2.08. The van der Waals surface area contributed by atoms with Crippen LogP contribution in [0.15, 0.2) is 0 Å². The number of rotatable bonds is 6. The van der Waals surface area contributed by atoms with Gasteiger partial charge in [0.15, 0.2) is 0 Å². The first kappa shape index (κ1) is 15.6. The Kier molecular flexibility index (Phi) is 4.78. The second kappa shape index (κ2) is 6.13. The highest BCUT2D eigenvalue weighted by Gasteiger charge is 2.31. The minimum atomic E-state index is -1.23. The Morgan fingerprint density at radius 2 is 2.15 bits per heavy atom. The Balaban J connectivity index is 3.19. The lowest BCUT2D eigenvalue weighted by molar-refractivity contribution is -0.385. The fourth-order valence-electron chi connectivity index (χ4n) is 1.75. The summed E-state index contributed by atoms with van der Waals surface area (Å²) in [6.45, 7) is 3.11. The maximum Gasteiger partial charge on any atom is 0.325 e. The number of aliphatic carboxylic acids is 1. The molecular formula is C11H16N4O5. The molecule has 0 aliphatic carbocycles. The smallest absolute Gasteiger partial charge is 0.325 e. The Hall–Kier alpha value is -2.45. The van der Waals surface area contributed by atoms with Crippen molar-refractivity contribution in [3.05, 3.63) is 21.5 Å². The second-order valence-corrected chi connectivity index (χ2v) is 4.31. The fraction of sp³-hybridized carbons (Fsp3) is 0.545. The molecule has 0 aliphatic rings. The van der Waals surface area contributed by atoms with Crippen molar-refractivity contribution in [3.63, 3.8) is 0 Å². The molecule has 1 amide bonds. The number of nitro groups is 1.